The molecule has 1 aromatic carbocycles. The van der Waals surface area contributed by atoms with Gasteiger partial charge in [-0.3, -0.25) is 9.59 Å². The number of aliphatic carboxylic acids is 1. The second-order valence-electron chi connectivity index (χ2n) is 4.34. The first-order valence-corrected chi connectivity index (χ1v) is 6.09. The highest BCUT2D eigenvalue weighted by Crippen LogP contribution is 2.08. The van der Waals surface area contributed by atoms with Crippen molar-refractivity contribution in [3.05, 3.63) is 35.9 Å². The van der Waals surface area contributed by atoms with Crippen LogP contribution in [0, 0.1) is 0 Å². The number of carboxylic acid groups (broad SMARTS) is 1. The molecule has 0 radical (unpaired) electrons. The van der Waals surface area contributed by atoms with E-state index < -0.39 is 5.97 Å². The predicted molar refractivity (Wildman–Crippen MR) is 69.2 cm³/mol. The zero-order chi connectivity index (χ0) is 13.5. The summed E-state index contributed by atoms with van der Waals surface area (Å²) in [6.07, 6.45) is 0.992. The molecule has 1 unspecified atom stereocenters. The number of nitrogens with zero attached hydrogens (tertiary/aromatic N) is 1. The molecule has 1 aromatic rings. The van der Waals surface area contributed by atoms with Gasteiger partial charge in [0, 0.05) is 6.04 Å². The zero-order valence-electron chi connectivity index (χ0n) is 10.8. The summed E-state index contributed by atoms with van der Waals surface area (Å²) in [5.41, 5.74) is 0.904. The number of carbonyl (C=O) groups excluding carboxylic acids is 1. The maximum absolute atomic E-state index is 12.1. The van der Waals surface area contributed by atoms with Gasteiger partial charge in [0.1, 0.15) is 6.54 Å². The van der Waals surface area contributed by atoms with Gasteiger partial charge in [-0.15, -0.1) is 0 Å². The van der Waals surface area contributed by atoms with Gasteiger partial charge in [0.2, 0.25) is 5.91 Å². The van der Waals surface area contributed by atoms with Crippen molar-refractivity contribution < 1.29 is 14.7 Å². The lowest BCUT2D eigenvalue weighted by Gasteiger charge is -2.27. The first-order valence-electron chi connectivity index (χ1n) is 6.09. The van der Waals surface area contributed by atoms with E-state index in [1.165, 1.54) is 4.90 Å². The van der Waals surface area contributed by atoms with E-state index in [1.54, 1.807) is 0 Å². The molecule has 0 saturated carbocycles. The minimum Gasteiger partial charge on any atom is -0.480 e. The van der Waals surface area contributed by atoms with Crippen LogP contribution >= 0.6 is 0 Å². The van der Waals surface area contributed by atoms with Crippen LogP contribution < -0.4 is 0 Å². The van der Waals surface area contributed by atoms with Crippen LogP contribution in [0.25, 0.3) is 0 Å². The first kappa shape index (κ1) is 14.2. The number of hydrogen-bond acceptors (Lipinski definition) is 2. The summed E-state index contributed by atoms with van der Waals surface area (Å²) in [6, 6.07) is 9.30. The molecule has 0 aliphatic rings. The Balaban J connectivity index is 2.73. The summed E-state index contributed by atoms with van der Waals surface area (Å²) in [5, 5.41) is 8.85. The Morgan fingerprint density at radius 1 is 1.28 bits per heavy atom. The van der Waals surface area contributed by atoms with Gasteiger partial charge in [0.05, 0.1) is 6.42 Å². The molecule has 0 saturated heterocycles. The van der Waals surface area contributed by atoms with Crippen LogP contribution in [0.5, 0.6) is 0 Å². The molecule has 0 bridgehead atoms. The Bertz CT molecular complexity index is 403. The van der Waals surface area contributed by atoms with Gasteiger partial charge in [-0.2, -0.15) is 0 Å². The Kier molecular flexibility index (Phi) is 5.36. The average Bonchev–Trinajstić information content (AvgIpc) is 2.36. The summed E-state index contributed by atoms with van der Waals surface area (Å²) in [6.45, 7) is 3.57. The molecule has 0 aromatic heterocycles. The topological polar surface area (TPSA) is 57.6 Å². The van der Waals surface area contributed by atoms with Gasteiger partial charge in [-0.25, -0.2) is 0 Å². The van der Waals surface area contributed by atoms with E-state index in [2.05, 4.69) is 0 Å². The van der Waals surface area contributed by atoms with Crippen LogP contribution in [0.2, 0.25) is 0 Å². The Hall–Kier alpha value is -1.84. The average molecular weight is 249 g/mol. The van der Waals surface area contributed by atoms with E-state index in [0.29, 0.717) is 0 Å². The van der Waals surface area contributed by atoms with Crippen molar-refractivity contribution >= 4 is 11.9 Å². The smallest absolute Gasteiger partial charge is 0.323 e. The molecule has 1 N–H and O–H groups in total. The number of amides is 1. The zero-order valence-corrected chi connectivity index (χ0v) is 10.8. The van der Waals surface area contributed by atoms with Crippen LogP contribution in [0.1, 0.15) is 25.8 Å². The Morgan fingerprint density at radius 2 is 1.89 bits per heavy atom. The molecule has 98 valence electrons. The first-order chi connectivity index (χ1) is 8.54. The van der Waals surface area contributed by atoms with E-state index in [0.717, 1.165) is 12.0 Å². The summed E-state index contributed by atoms with van der Waals surface area (Å²) in [4.78, 5) is 24.3. The third kappa shape index (κ3) is 4.20. The maximum atomic E-state index is 12.1. The molecule has 0 aliphatic carbocycles. The van der Waals surface area contributed by atoms with E-state index in [1.807, 2.05) is 44.2 Å². The fourth-order valence-corrected chi connectivity index (χ4v) is 1.73. The molecular weight excluding hydrogens is 230 g/mol. The molecule has 1 amide bonds. The molecule has 0 heterocycles. The second-order valence-corrected chi connectivity index (χ2v) is 4.34. The van der Waals surface area contributed by atoms with Crippen molar-refractivity contribution in [3.8, 4) is 0 Å². The van der Waals surface area contributed by atoms with Gasteiger partial charge < -0.3 is 10.0 Å². The standard InChI is InChI=1S/C14H19NO3/c1-3-11(2)15(10-14(17)18)13(16)9-12-7-5-4-6-8-12/h4-8,11H,3,9-10H2,1-2H3,(H,17,18). The minimum absolute atomic E-state index is 0.0580. The highest BCUT2D eigenvalue weighted by atomic mass is 16.4. The van der Waals surface area contributed by atoms with Crippen LogP contribution in [0.4, 0.5) is 0 Å². The predicted octanol–water partition coefficient (Wildman–Crippen LogP) is 1.94. The highest BCUT2D eigenvalue weighted by Gasteiger charge is 2.21. The van der Waals surface area contributed by atoms with Crippen molar-refractivity contribution in [2.45, 2.75) is 32.7 Å². The van der Waals surface area contributed by atoms with E-state index in [4.69, 9.17) is 5.11 Å². The normalized spacial score (nSPS) is 11.9. The van der Waals surface area contributed by atoms with Crippen LogP contribution in [-0.2, 0) is 16.0 Å². The monoisotopic (exact) mass is 249 g/mol. The number of carboxylic acids is 1. The fraction of sp³-hybridized carbons (Fsp3) is 0.429. The van der Waals surface area contributed by atoms with Gasteiger partial charge in [-0.1, -0.05) is 37.3 Å². The SMILES string of the molecule is CCC(C)N(CC(=O)O)C(=O)Cc1ccccc1. The molecule has 18 heavy (non-hydrogen) atoms. The third-order valence-corrected chi connectivity index (χ3v) is 2.95. The van der Waals surface area contributed by atoms with Crippen molar-refractivity contribution in [2.24, 2.45) is 0 Å². The van der Waals surface area contributed by atoms with E-state index >= 15 is 0 Å². The largest absolute Gasteiger partial charge is 0.480 e. The van der Waals surface area contributed by atoms with Crippen molar-refractivity contribution in [2.75, 3.05) is 6.54 Å². The van der Waals surface area contributed by atoms with Gasteiger partial charge in [0.25, 0.3) is 0 Å². The maximum Gasteiger partial charge on any atom is 0.323 e. The third-order valence-electron chi connectivity index (χ3n) is 2.95. The summed E-state index contributed by atoms with van der Waals surface area (Å²) in [5.74, 6) is -1.12. The van der Waals surface area contributed by atoms with Crippen LogP contribution in [0.3, 0.4) is 0 Å². The molecule has 0 spiro atoms. The van der Waals surface area contributed by atoms with Crippen molar-refractivity contribution in [3.63, 3.8) is 0 Å². The molecule has 0 fully saturated rings. The lowest BCUT2D eigenvalue weighted by atomic mass is 10.1. The van der Waals surface area contributed by atoms with Gasteiger partial charge in [0.15, 0.2) is 0 Å². The molecular formula is C14H19NO3. The molecule has 4 nitrogen and oxygen atoms in total. The minimum atomic E-state index is -0.975. The van der Waals surface area contributed by atoms with Crippen LogP contribution in [0.15, 0.2) is 30.3 Å². The molecule has 4 heteroatoms. The fourth-order valence-electron chi connectivity index (χ4n) is 1.73. The van der Waals surface area contributed by atoms with Gasteiger partial charge >= 0.3 is 5.97 Å². The Labute approximate surface area is 107 Å². The number of hydrogen-bond donors (Lipinski definition) is 1. The van der Waals surface area contributed by atoms with Crippen LogP contribution in [-0.4, -0.2) is 34.5 Å². The molecule has 1 rings (SSSR count). The van der Waals surface area contributed by atoms with Crippen molar-refractivity contribution in [1.82, 2.24) is 4.90 Å². The summed E-state index contributed by atoms with van der Waals surface area (Å²) < 4.78 is 0. The lowest BCUT2D eigenvalue weighted by molar-refractivity contribution is -0.145. The number of carbonyl (C=O) groups is 2. The number of rotatable bonds is 6. The summed E-state index contributed by atoms with van der Waals surface area (Å²) in [7, 11) is 0. The highest BCUT2D eigenvalue weighted by molar-refractivity contribution is 5.83. The molecule has 0 aliphatic heterocycles. The summed E-state index contributed by atoms with van der Waals surface area (Å²) >= 11 is 0. The van der Waals surface area contributed by atoms with E-state index in [9.17, 15) is 9.59 Å². The lowest BCUT2D eigenvalue weighted by Crippen LogP contribution is -2.42. The quantitative estimate of drug-likeness (QED) is 0.838. The number of benzene rings is 1. The van der Waals surface area contributed by atoms with E-state index in [-0.39, 0.29) is 24.9 Å². The van der Waals surface area contributed by atoms with Crippen molar-refractivity contribution in [1.29, 1.82) is 0 Å². The Morgan fingerprint density at radius 3 is 2.39 bits per heavy atom. The second kappa shape index (κ2) is 6.79. The molecule has 1 atom stereocenters. The van der Waals surface area contributed by atoms with Gasteiger partial charge in [-0.05, 0) is 18.9 Å².